The zero-order chi connectivity index (χ0) is 12.5. The molecule has 0 bridgehead atoms. The summed E-state index contributed by atoms with van der Waals surface area (Å²) in [5, 5.41) is 0. The third kappa shape index (κ3) is 2.21. The van der Waals surface area contributed by atoms with Crippen molar-refractivity contribution >= 4 is 0 Å². The zero-order valence-electron chi connectivity index (χ0n) is 8.97. The number of hydrogen-bond donors (Lipinski definition) is 2. The van der Waals surface area contributed by atoms with Crippen LogP contribution < -0.4 is 15.6 Å². The van der Waals surface area contributed by atoms with E-state index >= 15 is 0 Å². The number of benzene rings is 1. The van der Waals surface area contributed by atoms with Gasteiger partial charge in [0.15, 0.2) is 6.79 Å². The summed E-state index contributed by atoms with van der Waals surface area (Å²) in [6.07, 6.45) is -4.41. The van der Waals surface area contributed by atoms with Crippen molar-refractivity contribution in [1.82, 2.24) is 10.9 Å². The van der Waals surface area contributed by atoms with Crippen molar-refractivity contribution in [2.75, 3.05) is 13.9 Å². The second kappa shape index (κ2) is 4.17. The highest BCUT2D eigenvalue weighted by Gasteiger charge is 2.65. The minimum atomic E-state index is -4.41. The first kappa shape index (κ1) is 12.2. The molecule has 0 radical (unpaired) electrons. The van der Waals surface area contributed by atoms with Crippen molar-refractivity contribution in [1.29, 1.82) is 0 Å². The third-order valence-corrected chi connectivity index (χ3v) is 2.41. The maximum Gasteiger partial charge on any atom is 0.426 e. The van der Waals surface area contributed by atoms with Gasteiger partial charge in [-0.05, 0) is 12.1 Å². The van der Waals surface area contributed by atoms with E-state index in [2.05, 4.69) is 15.6 Å². The van der Waals surface area contributed by atoms with Gasteiger partial charge in [0.25, 0.3) is 0 Å². The molecular formula is C10H11F3N2O2. The first-order valence-corrected chi connectivity index (χ1v) is 4.83. The van der Waals surface area contributed by atoms with Gasteiger partial charge in [-0.15, -0.1) is 0 Å². The predicted molar refractivity (Wildman–Crippen MR) is 53.0 cm³/mol. The molecule has 1 saturated heterocycles. The summed E-state index contributed by atoms with van der Waals surface area (Å²) in [6.45, 7) is -0.0106. The fraction of sp³-hybridized carbons (Fsp3) is 0.400. The van der Waals surface area contributed by atoms with Crippen LogP contribution in [0.2, 0.25) is 0 Å². The SMILES string of the molecule is COCOc1cccc(C2(C(F)(F)F)NN2)c1. The van der Waals surface area contributed by atoms with Crippen molar-refractivity contribution in [2.24, 2.45) is 0 Å². The van der Waals surface area contributed by atoms with E-state index in [9.17, 15) is 13.2 Å². The average molecular weight is 248 g/mol. The maximum atomic E-state index is 12.8. The van der Waals surface area contributed by atoms with Gasteiger partial charge >= 0.3 is 6.18 Å². The molecule has 4 nitrogen and oxygen atoms in total. The number of ether oxygens (including phenoxy) is 2. The summed E-state index contributed by atoms with van der Waals surface area (Å²) in [6, 6.07) is 5.75. The van der Waals surface area contributed by atoms with Crippen LogP contribution >= 0.6 is 0 Å². The lowest BCUT2D eigenvalue weighted by atomic mass is 10.0. The van der Waals surface area contributed by atoms with Crippen LogP contribution in [0.4, 0.5) is 13.2 Å². The number of hydrogen-bond acceptors (Lipinski definition) is 4. The van der Waals surface area contributed by atoms with E-state index in [0.717, 1.165) is 0 Å². The predicted octanol–water partition coefficient (Wildman–Crippen LogP) is 1.49. The highest BCUT2D eigenvalue weighted by Crippen LogP contribution is 2.42. The van der Waals surface area contributed by atoms with Gasteiger partial charge in [-0.3, -0.25) is 0 Å². The van der Waals surface area contributed by atoms with E-state index < -0.39 is 11.8 Å². The second-order valence-electron chi connectivity index (χ2n) is 3.58. The van der Waals surface area contributed by atoms with Gasteiger partial charge in [-0.25, -0.2) is 10.9 Å². The molecule has 0 unspecified atom stereocenters. The molecule has 1 aliphatic rings. The smallest absolute Gasteiger partial charge is 0.426 e. The Balaban J connectivity index is 2.22. The van der Waals surface area contributed by atoms with Crippen molar-refractivity contribution in [2.45, 2.75) is 11.8 Å². The van der Waals surface area contributed by atoms with Crippen molar-refractivity contribution in [3.63, 3.8) is 0 Å². The molecule has 1 fully saturated rings. The Bertz CT molecular complexity index is 405. The molecule has 0 atom stereocenters. The molecule has 0 aliphatic carbocycles. The molecule has 0 spiro atoms. The summed E-state index contributed by atoms with van der Waals surface area (Å²) in [5.41, 5.74) is 2.15. The molecule has 17 heavy (non-hydrogen) atoms. The monoisotopic (exact) mass is 248 g/mol. The fourth-order valence-corrected chi connectivity index (χ4v) is 1.46. The van der Waals surface area contributed by atoms with Gasteiger partial charge in [-0.1, -0.05) is 12.1 Å². The van der Waals surface area contributed by atoms with E-state index in [1.807, 2.05) is 0 Å². The van der Waals surface area contributed by atoms with Crippen molar-refractivity contribution < 1.29 is 22.6 Å². The molecule has 1 aromatic rings. The second-order valence-corrected chi connectivity index (χ2v) is 3.58. The minimum absolute atomic E-state index is 0.0106. The zero-order valence-corrected chi connectivity index (χ0v) is 8.97. The van der Waals surface area contributed by atoms with E-state index in [1.165, 1.54) is 25.3 Å². The van der Waals surface area contributed by atoms with Crippen molar-refractivity contribution in [3.05, 3.63) is 29.8 Å². The van der Waals surface area contributed by atoms with Crippen LogP contribution in [0.5, 0.6) is 5.75 Å². The van der Waals surface area contributed by atoms with Gasteiger partial charge in [0.2, 0.25) is 5.66 Å². The summed E-state index contributed by atoms with van der Waals surface area (Å²) >= 11 is 0. The van der Waals surface area contributed by atoms with Crippen LogP contribution in [0, 0.1) is 0 Å². The van der Waals surface area contributed by atoms with E-state index in [4.69, 9.17) is 4.74 Å². The molecule has 0 aromatic heterocycles. The summed E-state index contributed by atoms with van der Waals surface area (Å²) in [5.74, 6) is 0.323. The van der Waals surface area contributed by atoms with Crippen LogP contribution in [0.15, 0.2) is 24.3 Å². The van der Waals surface area contributed by atoms with Gasteiger partial charge in [0.1, 0.15) is 5.75 Å². The molecular weight excluding hydrogens is 237 g/mol. The fourth-order valence-electron chi connectivity index (χ4n) is 1.46. The average Bonchev–Trinajstić information content (AvgIpc) is 3.07. The Labute approximate surface area is 95.7 Å². The maximum absolute atomic E-state index is 12.8. The van der Waals surface area contributed by atoms with E-state index in [0.29, 0.717) is 5.75 Å². The number of methoxy groups -OCH3 is 1. The standard InChI is InChI=1S/C10H11F3N2O2/c1-16-6-17-8-4-2-3-7(5-8)9(14-15-9)10(11,12)13/h2-5,14-15H,6H2,1H3. The van der Waals surface area contributed by atoms with Crippen LogP contribution in [0.1, 0.15) is 5.56 Å². The molecule has 0 saturated carbocycles. The normalized spacial score (nSPS) is 17.9. The molecule has 2 N–H and O–H groups in total. The first-order chi connectivity index (χ1) is 7.99. The summed E-state index contributed by atoms with van der Waals surface area (Å²) in [4.78, 5) is 0. The van der Waals surface area contributed by atoms with E-state index in [1.54, 1.807) is 6.07 Å². The third-order valence-electron chi connectivity index (χ3n) is 2.41. The number of rotatable bonds is 4. The Morgan fingerprint density at radius 3 is 2.53 bits per heavy atom. The van der Waals surface area contributed by atoms with Crippen LogP contribution in [-0.2, 0) is 10.4 Å². The largest absolute Gasteiger partial charge is 0.468 e. The van der Waals surface area contributed by atoms with Crippen LogP contribution in [-0.4, -0.2) is 20.1 Å². The lowest BCUT2D eigenvalue weighted by Crippen LogP contribution is -2.34. The molecule has 1 aliphatic heterocycles. The Kier molecular flexibility index (Phi) is 2.98. The summed E-state index contributed by atoms with van der Waals surface area (Å²) < 4.78 is 48.1. The number of halogens is 3. The number of alkyl halides is 3. The van der Waals surface area contributed by atoms with Gasteiger partial charge < -0.3 is 9.47 Å². The molecule has 0 amide bonds. The van der Waals surface area contributed by atoms with Gasteiger partial charge in [0, 0.05) is 12.7 Å². The first-order valence-electron chi connectivity index (χ1n) is 4.83. The highest BCUT2D eigenvalue weighted by molar-refractivity contribution is 5.36. The molecule has 1 aromatic carbocycles. The molecule has 2 rings (SSSR count). The highest BCUT2D eigenvalue weighted by atomic mass is 19.4. The molecule has 1 heterocycles. The van der Waals surface area contributed by atoms with Crippen LogP contribution in [0.25, 0.3) is 0 Å². The Morgan fingerprint density at radius 2 is 2.00 bits per heavy atom. The van der Waals surface area contributed by atoms with Crippen LogP contribution in [0.3, 0.4) is 0 Å². The minimum Gasteiger partial charge on any atom is -0.468 e. The van der Waals surface area contributed by atoms with Gasteiger partial charge in [0.05, 0.1) is 0 Å². The number of hydrazine groups is 1. The lowest BCUT2D eigenvalue weighted by Gasteiger charge is -2.16. The van der Waals surface area contributed by atoms with Gasteiger partial charge in [-0.2, -0.15) is 13.2 Å². The topological polar surface area (TPSA) is 62.3 Å². The number of nitrogens with one attached hydrogen (secondary N) is 2. The summed E-state index contributed by atoms with van der Waals surface area (Å²) in [7, 11) is 1.44. The lowest BCUT2D eigenvalue weighted by molar-refractivity contribution is -0.165. The van der Waals surface area contributed by atoms with Crippen molar-refractivity contribution in [3.8, 4) is 5.75 Å². The molecule has 7 heteroatoms. The Morgan fingerprint density at radius 1 is 1.29 bits per heavy atom. The Hall–Kier alpha value is -1.31. The van der Waals surface area contributed by atoms with E-state index in [-0.39, 0.29) is 12.4 Å². The quantitative estimate of drug-likeness (QED) is 0.626. The molecule has 94 valence electrons.